The number of halogens is 1. The molecule has 0 spiro atoms. The van der Waals surface area contributed by atoms with Crippen LogP contribution in [0.3, 0.4) is 0 Å². The van der Waals surface area contributed by atoms with Gasteiger partial charge in [0.15, 0.2) is 23.8 Å². The number of anilines is 2. The normalized spacial score (nSPS) is 13.1. The molecule has 10 heteroatoms. The van der Waals surface area contributed by atoms with Crippen molar-refractivity contribution in [3.05, 3.63) is 40.4 Å². The highest BCUT2D eigenvalue weighted by atomic mass is 35.5. The first-order chi connectivity index (χ1) is 15.4. The van der Waals surface area contributed by atoms with E-state index in [1.165, 1.54) is 7.11 Å². The van der Waals surface area contributed by atoms with Gasteiger partial charge in [0.1, 0.15) is 0 Å². The Kier molecular flexibility index (Phi) is 5.14. The van der Waals surface area contributed by atoms with E-state index in [4.69, 9.17) is 17.7 Å². The number of rotatable bonds is 5. The number of benzene rings is 1. The number of nitrogens with one attached hydrogen (secondary N) is 1. The molecule has 0 unspecified atom stereocenters. The third kappa shape index (κ3) is 4.15. The lowest BCUT2D eigenvalue weighted by atomic mass is 10.1. The largest absolute Gasteiger partial charge is 0.494 e. The molecule has 1 aliphatic rings. The highest BCUT2D eigenvalue weighted by Gasteiger charge is 2.21. The van der Waals surface area contributed by atoms with Crippen molar-refractivity contribution in [1.29, 1.82) is 0 Å². The molecule has 1 amide bonds. The fourth-order valence-electron chi connectivity index (χ4n) is 2.98. The quantitative estimate of drug-likeness (QED) is 0.587. The van der Waals surface area contributed by atoms with Crippen LogP contribution in [0.1, 0.15) is 34.7 Å². The molecule has 158 valence electrons. The van der Waals surface area contributed by atoms with Crippen molar-refractivity contribution in [2.45, 2.75) is 19.8 Å². The summed E-state index contributed by atoms with van der Waals surface area (Å²) in [6, 6.07) is 5.41. The van der Waals surface area contributed by atoms with E-state index in [0.29, 0.717) is 45.8 Å². The number of hydrogen-bond donors (Lipinski definition) is 2. The summed E-state index contributed by atoms with van der Waals surface area (Å²) in [6.45, 7) is 1.70. The molecule has 2 aromatic heterocycles. The van der Waals surface area contributed by atoms with Crippen LogP contribution < -0.4 is 15.8 Å². The molecule has 1 aromatic carbocycles. The average Bonchev–Trinajstić information content (AvgIpc) is 3.55. The van der Waals surface area contributed by atoms with Gasteiger partial charge in [-0.25, -0.2) is 4.68 Å². The summed E-state index contributed by atoms with van der Waals surface area (Å²) in [5.74, 6) is 7.50. The fraction of sp³-hybridized carbons (Fsp3) is 0.286. The molecule has 2 heterocycles. The maximum absolute atomic E-state index is 12.1. The van der Waals surface area contributed by atoms with Gasteiger partial charge in [0, 0.05) is 18.5 Å². The minimum Gasteiger partial charge on any atom is -0.494 e. The molecule has 3 N–H and O–H groups in total. The van der Waals surface area contributed by atoms with Crippen molar-refractivity contribution in [1.82, 2.24) is 25.0 Å². The first-order valence-electron chi connectivity index (χ1n) is 10.0. The van der Waals surface area contributed by atoms with E-state index < -0.39 is 5.91 Å². The molecule has 1 saturated carbocycles. The highest BCUT2D eigenvalue weighted by molar-refractivity contribution is 6.30. The van der Waals surface area contributed by atoms with E-state index in [1.807, 2.05) is 17.9 Å². The molecule has 31 heavy (non-hydrogen) atoms. The van der Waals surface area contributed by atoms with E-state index in [2.05, 4.69) is 37.4 Å². The van der Waals surface area contributed by atoms with Crippen molar-refractivity contribution in [2.24, 2.45) is 18.7 Å². The Balaban J connectivity index is 1.76. The Bertz CT molecular complexity index is 1260. The van der Waals surface area contributed by atoms with Crippen LogP contribution in [0.4, 0.5) is 11.4 Å². The second kappa shape index (κ2) is 8.24. The number of para-hydroxylation sites is 1. The molecule has 1 aliphatic carbocycles. The van der Waals surface area contributed by atoms with Crippen LogP contribution in [0.2, 0.25) is 6.56 Å². The molecule has 0 aliphatic heterocycles. The molecule has 0 saturated heterocycles. The number of carbonyl (C=O) groups excluding carboxylic acids is 1. The number of amides is 1. The molecule has 3 aromatic rings. The lowest BCUT2D eigenvalue weighted by molar-refractivity contribution is 0.0995. The molecule has 0 bridgehead atoms. The van der Waals surface area contributed by atoms with Crippen LogP contribution in [0, 0.1) is 24.7 Å². The predicted octanol–water partition coefficient (Wildman–Crippen LogP) is 2.85. The zero-order valence-electron chi connectivity index (χ0n) is 18.2. The summed E-state index contributed by atoms with van der Waals surface area (Å²) in [5.41, 5.74) is 3.74. The van der Waals surface area contributed by atoms with Gasteiger partial charge in [-0.2, -0.15) is 10.1 Å². The second-order valence-corrected chi connectivity index (χ2v) is 7.46. The molecule has 0 radical (unpaired) electrons. The number of primary amides is 1. The van der Waals surface area contributed by atoms with E-state index >= 15 is 0 Å². The van der Waals surface area contributed by atoms with Crippen LogP contribution >= 0.6 is 11.6 Å². The number of carbonyl (C=O) groups is 1. The van der Waals surface area contributed by atoms with Gasteiger partial charge in [-0.1, -0.05) is 23.6 Å². The Labute approximate surface area is 185 Å². The maximum atomic E-state index is 12.1. The van der Waals surface area contributed by atoms with Gasteiger partial charge >= 0.3 is 0 Å². The number of hydrogen-bond acceptors (Lipinski definition) is 7. The Morgan fingerprint density at radius 1 is 1.42 bits per heavy atom. The van der Waals surface area contributed by atoms with Gasteiger partial charge in [-0.3, -0.25) is 4.79 Å². The van der Waals surface area contributed by atoms with Gasteiger partial charge in [0.05, 0.1) is 24.0 Å². The number of aromatic nitrogens is 5. The van der Waals surface area contributed by atoms with Gasteiger partial charge in [-0.15, -0.1) is 10.2 Å². The summed E-state index contributed by atoms with van der Waals surface area (Å²) in [4.78, 5) is 16.7. The van der Waals surface area contributed by atoms with Crippen LogP contribution in [0.25, 0.3) is 11.4 Å². The number of methoxy groups -OCH3 is 1. The van der Waals surface area contributed by atoms with Crippen molar-refractivity contribution in [2.75, 3.05) is 12.4 Å². The van der Waals surface area contributed by atoms with Crippen LogP contribution in [-0.2, 0) is 7.05 Å². The molecular formula is C21H20ClN7O2. The second-order valence-electron chi connectivity index (χ2n) is 7.11. The Morgan fingerprint density at radius 3 is 2.94 bits per heavy atom. The molecule has 0 atom stereocenters. The molecule has 4 rings (SSSR count). The SMILES string of the molecule is [2H]NC(=O)c1nnc(Cl)c(C)c1Nc1cccc(-c2nc(C#CC3CC3)n(C)n2)c1OC. The van der Waals surface area contributed by atoms with Crippen molar-refractivity contribution in [3.63, 3.8) is 0 Å². The summed E-state index contributed by atoms with van der Waals surface area (Å²) in [6.07, 6.45) is 2.26. The number of ether oxygens (including phenoxy) is 1. The summed E-state index contributed by atoms with van der Waals surface area (Å²) < 4.78 is 14.5. The Hall–Kier alpha value is -3.64. The van der Waals surface area contributed by atoms with E-state index in [-0.39, 0.29) is 10.8 Å². The highest BCUT2D eigenvalue weighted by Crippen LogP contribution is 2.38. The standard InChI is InChI=1S/C21H20ClN7O2/c1-11-16(17(20(23)30)26-27-19(11)22)24-14-6-4-5-13(18(14)31-3)21-25-15(29(2)28-21)10-9-12-7-8-12/h4-6,12H,7-8H2,1-3H3,(H2,23,30)(H,24,27)/i/hD. The number of nitrogens with two attached hydrogens (primary N) is 1. The van der Waals surface area contributed by atoms with E-state index in [1.54, 1.807) is 24.7 Å². The molecule has 9 nitrogen and oxygen atoms in total. The summed E-state index contributed by atoms with van der Waals surface area (Å²) in [5, 5.41) is 15.4. The van der Waals surface area contributed by atoms with E-state index in [0.717, 1.165) is 12.8 Å². The fourth-order valence-corrected chi connectivity index (χ4v) is 3.11. The summed E-state index contributed by atoms with van der Waals surface area (Å²) in [7, 11) is 3.32. The lowest BCUT2D eigenvalue weighted by Gasteiger charge is -2.16. The third-order valence-corrected chi connectivity index (χ3v) is 5.18. The van der Waals surface area contributed by atoms with Crippen molar-refractivity contribution < 1.29 is 10.9 Å². The molecular weight excluding hydrogens is 418 g/mol. The van der Waals surface area contributed by atoms with Gasteiger partial charge in [-0.05, 0) is 37.8 Å². The average molecular weight is 439 g/mol. The zero-order chi connectivity index (χ0) is 22.8. The van der Waals surface area contributed by atoms with Gasteiger partial charge in [0.25, 0.3) is 5.91 Å². The van der Waals surface area contributed by atoms with E-state index in [9.17, 15) is 4.79 Å². The first kappa shape index (κ1) is 19.3. The van der Waals surface area contributed by atoms with Gasteiger partial charge in [0.2, 0.25) is 5.82 Å². The van der Waals surface area contributed by atoms with Crippen LogP contribution in [0.5, 0.6) is 5.75 Å². The maximum Gasteiger partial charge on any atom is 0.271 e. The monoisotopic (exact) mass is 438 g/mol. The topological polar surface area (TPSA) is 121 Å². The minimum absolute atomic E-state index is 0.0667. The summed E-state index contributed by atoms with van der Waals surface area (Å²) >= 11 is 6.12. The Morgan fingerprint density at radius 2 is 2.23 bits per heavy atom. The van der Waals surface area contributed by atoms with Crippen LogP contribution in [0.15, 0.2) is 18.2 Å². The lowest BCUT2D eigenvalue weighted by Crippen LogP contribution is -2.17. The molecule has 1 fully saturated rings. The van der Waals surface area contributed by atoms with Crippen molar-refractivity contribution >= 4 is 28.9 Å². The predicted molar refractivity (Wildman–Crippen MR) is 116 cm³/mol. The number of aryl methyl sites for hydroxylation is 1. The third-order valence-electron chi connectivity index (χ3n) is 4.82. The van der Waals surface area contributed by atoms with Crippen molar-refractivity contribution in [3.8, 4) is 29.0 Å². The number of nitrogens with zero attached hydrogens (tertiary/aromatic N) is 5. The first-order valence-corrected chi connectivity index (χ1v) is 9.92. The zero-order valence-corrected chi connectivity index (χ0v) is 17.9. The van der Waals surface area contributed by atoms with Gasteiger partial charge < -0.3 is 15.8 Å². The minimum atomic E-state index is -0.722. The van der Waals surface area contributed by atoms with Crippen LogP contribution in [-0.4, -0.2) is 38.0 Å². The smallest absolute Gasteiger partial charge is 0.271 e.